The summed E-state index contributed by atoms with van der Waals surface area (Å²) < 4.78 is 29.0. The minimum absolute atomic E-state index is 0.0919. The predicted molar refractivity (Wildman–Crippen MR) is 160 cm³/mol. The van der Waals surface area contributed by atoms with E-state index in [-0.39, 0.29) is 24.0 Å². The summed E-state index contributed by atoms with van der Waals surface area (Å²) in [6.07, 6.45) is 4.26. The van der Waals surface area contributed by atoms with Gasteiger partial charge in [0.1, 0.15) is 0 Å². The number of sulfonamides is 1. The van der Waals surface area contributed by atoms with Crippen molar-refractivity contribution in [2.24, 2.45) is 23.2 Å². The summed E-state index contributed by atoms with van der Waals surface area (Å²) in [4.78, 5) is 28.8. The fourth-order valence-corrected chi connectivity index (χ4v) is 7.17. The van der Waals surface area contributed by atoms with Crippen LogP contribution in [0.2, 0.25) is 0 Å². The third-order valence-corrected chi connectivity index (χ3v) is 10.2. The van der Waals surface area contributed by atoms with Gasteiger partial charge in [-0.15, -0.1) is 0 Å². The van der Waals surface area contributed by atoms with Crippen molar-refractivity contribution < 1.29 is 28.3 Å². The molecular weight excluding hydrogens is 544 g/mol. The third kappa shape index (κ3) is 7.57. The molecular formula is C30H46N4O6S. The summed E-state index contributed by atoms with van der Waals surface area (Å²) >= 11 is 0. The van der Waals surface area contributed by atoms with Gasteiger partial charge in [0.05, 0.1) is 29.4 Å². The number of nitrogens with zero attached hydrogens (tertiary/aromatic N) is 2. The zero-order chi connectivity index (χ0) is 30.5. The molecule has 2 amide bonds. The highest BCUT2D eigenvalue weighted by atomic mass is 32.2. The van der Waals surface area contributed by atoms with Gasteiger partial charge in [-0.25, -0.2) is 18.2 Å². The summed E-state index contributed by atoms with van der Waals surface area (Å²) in [6.45, 7) is 5.08. The van der Waals surface area contributed by atoms with Crippen LogP contribution in [-0.2, 0) is 19.6 Å². The van der Waals surface area contributed by atoms with Crippen molar-refractivity contribution in [1.82, 2.24) is 15.1 Å². The van der Waals surface area contributed by atoms with Crippen molar-refractivity contribution >= 4 is 38.3 Å². The molecule has 4 N–H and O–H groups in total. The number of carbonyl (C=O) groups excluding carboxylic acids is 2. The average molecular weight is 591 g/mol. The summed E-state index contributed by atoms with van der Waals surface area (Å²) in [7, 11) is 1.06. The number of aliphatic hydroxyl groups is 1. The number of hydrogen-bond acceptors (Lipinski definition) is 7. The van der Waals surface area contributed by atoms with Gasteiger partial charge in [0.25, 0.3) is 0 Å². The van der Waals surface area contributed by atoms with Crippen molar-refractivity contribution in [3.8, 4) is 0 Å². The molecule has 11 heteroatoms. The Morgan fingerprint density at radius 1 is 0.976 bits per heavy atom. The number of fused-ring (bicyclic) bond motifs is 1. The van der Waals surface area contributed by atoms with Crippen LogP contribution in [0.3, 0.4) is 0 Å². The zero-order valence-electron chi connectivity index (χ0n) is 25.1. The van der Waals surface area contributed by atoms with E-state index in [1.54, 1.807) is 23.7 Å². The molecule has 0 saturated heterocycles. The van der Waals surface area contributed by atoms with Gasteiger partial charge < -0.3 is 15.3 Å². The minimum Gasteiger partial charge on any atom is -0.394 e. The number of anilines is 1. The second-order valence-electron chi connectivity index (χ2n) is 12.5. The summed E-state index contributed by atoms with van der Waals surface area (Å²) in [5.41, 5.74) is 2.09. The summed E-state index contributed by atoms with van der Waals surface area (Å²) in [5.74, 6) is -3.13. The van der Waals surface area contributed by atoms with Crippen LogP contribution < -0.4 is 15.7 Å². The Morgan fingerprint density at radius 2 is 1.59 bits per heavy atom. The van der Waals surface area contributed by atoms with E-state index in [9.17, 15) is 28.3 Å². The number of benzene rings is 2. The predicted octanol–water partition coefficient (Wildman–Crippen LogP) is 3.37. The zero-order valence-corrected chi connectivity index (χ0v) is 25.9. The van der Waals surface area contributed by atoms with Crippen LogP contribution in [0.1, 0.15) is 52.9 Å². The monoisotopic (exact) mass is 590 g/mol. The first-order chi connectivity index (χ1) is 19.2. The lowest BCUT2D eigenvalue weighted by atomic mass is 9.81. The summed E-state index contributed by atoms with van der Waals surface area (Å²) in [6, 6.07) is 9.97. The van der Waals surface area contributed by atoms with E-state index >= 15 is 0 Å². The Balaban J connectivity index is 2.00. The second kappa shape index (κ2) is 13.5. The number of nitrogens with one attached hydrogen (secondary N) is 2. The molecule has 10 nitrogen and oxygen atoms in total. The first kappa shape index (κ1) is 32.8. The smallest absolute Gasteiger partial charge is 0.248 e. The van der Waals surface area contributed by atoms with Crippen LogP contribution in [0.25, 0.3) is 10.8 Å². The van der Waals surface area contributed by atoms with Gasteiger partial charge in [0.15, 0.2) is 0 Å². The van der Waals surface area contributed by atoms with Crippen molar-refractivity contribution in [3.05, 3.63) is 36.4 Å². The van der Waals surface area contributed by atoms with Crippen LogP contribution in [0.15, 0.2) is 41.3 Å². The van der Waals surface area contributed by atoms with Crippen LogP contribution in [0.4, 0.5) is 5.69 Å². The molecule has 1 aliphatic rings. The van der Waals surface area contributed by atoms with E-state index in [4.69, 9.17) is 0 Å². The van der Waals surface area contributed by atoms with E-state index in [2.05, 4.69) is 5.32 Å². The van der Waals surface area contributed by atoms with Crippen molar-refractivity contribution in [2.75, 3.05) is 39.2 Å². The lowest BCUT2D eigenvalue weighted by Crippen LogP contribution is -2.52. The van der Waals surface area contributed by atoms with E-state index in [1.165, 1.54) is 13.1 Å². The number of amides is 2. The first-order valence-corrected chi connectivity index (χ1v) is 15.7. The Kier molecular flexibility index (Phi) is 10.8. The quantitative estimate of drug-likeness (QED) is 0.220. The molecule has 0 aromatic heterocycles. The third-order valence-electron chi connectivity index (χ3n) is 8.36. The van der Waals surface area contributed by atoms with Gasteiger partial charge in [-0.1, -0.05) is 70.7 Å². The van der Waals surface area contributed by atoms with Gasteiger partial charge >= 0.3 is 0 Å². The maximum absolute atomic E-state index is 14.0. The van der Waals surface area contributed by atoms with Gasteiger partial charge in [-0.3, -0.25) is 14.8 Å². The number of hydrogen-bond donors (Lipinski definition) is 4. The Hall–Kier alpha value is -2.73. The maximum atomic E-state index is 14.0. The molecule has 1 fully saturated rings. The SMILES string of the molecule is CN(C)c1cccc2c(S(=O)(=O)N(C)CC(C(=O)NO)C(CC3CCCC3)C(=O)NC(CO)C(C)(C)C)cccc12. The Morgan fingerprint density at radius 3 is 2.15 bits per heavy atom. The molecule has 1 aliphatic carbocycles. The summed E-state index contributed by atoms with van der Waals surface area (Å²) in [5, 5.41) is 23.8. The van der Waals surface area contributed by atoms with Crippen molar-refractivity contribution in [3.63, 3.8) is 0 Å². The minimum atomic E-state index is -4.10. The topological polar surface area (TPSA) is 139 Å². The number of rotatable bonds is 12. The molecule has 0 radical (unpaired) electrons. The molecule has 0 heterocycles. The fraction of sp³-hybridized carbons (Fsp3) is 0.600. The highest BCUT2D eigenvalue weighted by Gasteiger charge is 2.40. The highest BCUT2D eigenvalue weighted by Crippen LogP contribution is 2.35. The van der Waals surface area contributed by atoms with Crippen LogP contribution in [0, 0.1) is 23.2 Å². The lowest BCUT2D eigenvalue weighted by Gasteiger charge is -2.34. The van der Waals surface area contributed by atoms with Gasteiger partial charge in [0.2, 0.25) is 21.8 Å². The molecule has 0 spiro atoms. The van der Waals surface area contributed by atoms with E-state index < -0.39 is 45.1 Å². The van der Waals surface area contributed by atoms with E-state index in [0.29, 0.717) is 11.8 Å². The number of carbonyl (C=O) groups is 2. The number of hydroxylamine groups is 1. The second-order valence-corrected chi connectivity index (χ2v) is 14.5. The largest absolute Gasteiger partial charge is 0.394 e. The first-order valence-electron chi connectivity index (χ1n) is 14.2. The molecule has 3 atom stereocenters. The van der Waals surface area contributed by atoms with Crippen molar-refractivity contribution in [1.29, 1.82) is 0 Å². The number of aliphatic hydroxyl groups excluding tert-OH is 1. The Bertz CT molecular complexity index is 1320. The highest BCUT2D eigenvalue weighted by molar-refractivity contribution is 7.89. The molecule has 228 valence electrons. The molecule has 3 unspecified atom stereocenters. The van der Waals surface area contributed by atoms with E-state index in [0.717, 1.165) is 41.1 Å². The molecule has 41 heavy (non-hydrogen) atoms. The lowest BCUT2D eigenvalue weighted by molar-refractivity contribution is -0.141. The van der Waals surface area contributed by atoms with Gasteiger partial charge in [-0.2, -0.15) is 0 Å². The molecule has 0 bridgehead atoms. The maximum Gasteiger partial charge on any atom is 0.248 e. The molecule has 1 saturated carbocycles. The van der Waals surface area contributed by atoms with Crippen LogP contribution >= 0.6 is 0 Å². The molecule has 0 aliphatic heterocycles. The fourth-order valence-electron chi connectivity index (χ4n) is 5.77. The molecule has 2 aromatic carbocycles. The molecule has 3 rings (SSSR count). The van der Waals surface area contributed by atoms with Gasteiger partial charge in [-0.05, 0) is 29.9 Å². The average Bonchev–Trinajstić information content (AvgIpc) is 3.44. The van der Waals surface area contributed by atoms with E-state index in [1.807, 2.05) is 51.9 Å². The standard InChI is InChI=1S/C30H46N4O6S/c1-30(2,3)27(19-35)31-28(36)23(17-20-11-7-8-12-20)24(29(37)32-38)18-34(6)41(39,40)26-16-10-13-21-22(26)14-9-15-25(21)33(4)5/h9-10,13-16,20,23-24,27,35,38H,7-8,11-12,17-19H2,1-6H3,(H,31,36)(H,32,37). The van der Waals surface area contributed by atoms with Crippen molar-refractivity contribution in [2.45, 2.75) is 63.8 Å². The molecule has 2 aromatic rings. The van der Waals surface area contributed by atoms with Crippen LogP contribution in [-0.4, -0.2) is 75.2 Å². The van der Waals surface area contributed by atoms with Gasteiger partial charge in [0, 0.05) is 44.1 Å². The Labute approximate surface area is 244 Å². The van der Waals surface area contributed by atoms with Crippen LogP contribution in [0.5, 0.6) is 0 Å². The normalized spacial score (nSPS) is 16.9.